The van der Waals surface area contributed by atoms with Crippen LogP contribution in [0.3, 0.4) is 0 Å². The maximum absolute atomic E-state index is 13.8. The van der Waals surface area contributed by atoms with Crippen LogP contribution in [0.1, 0.15) is 39.7 Å². The Hall–Kier alpha value is -2.00. The van der Waals surface area contributed by atoms with E-state index in [1.165, 1.54) is 6.07 Å². The summed E-state index contributed by atoms with van der Waals surface area (Å²) >= 11 is 6.01. The van der Waals surface area contributed by atoms with E-state index in [9.17, 15) is 4.39 Å². The van der Waals surface area contributed by atoms with Gasteiger partial charge in [0.1, 0.15) is 5.82 Å². The third-order valence-electron chi connectivity index (χ3n) is 3.84. The summed E-state index contributed by atoms with van der Waals surface area (Å²) in [6, 6.07) is 10.1. The van der Waals surface area contributed by atoms with Gasteiger partial charge in [-0.2, -0.15) is 0 Å². The van der Waals surface area contributed by atoms with E-state index in [-0.39, 0.29) is 5.69 Å². The zero-order valence-corrected chi connectivity index (χ0v) is 15.5. The van der Waals surface area contributed by atoms with Crippen LogP contribution in [0.15, 0.2) is 43.0 Å². The van der Waals surface area contributed by atoms with Crippen LogP contribution in [-0.2, 0) is 0 Å². The van der Waals surface area contributed by atoms with E-state index in [4.69, 9.17) is 17.3 Å². The molecule has 0 fully saturated rings. The van der Waals surface area contributed by atoms with Gasteiger partial charge in [0.15, 0.2) is 0 Å². The maximum Gasteiger partial charge on any atom is 0.148 e. The molecule has 0 saturated heterocycles. The van der Waals surface area contributed by atoms with Gasteiger partial charge in [-0.25, -0.2) is 4.39 Å². The number of nitrogens with two attached hydrogens (primary N) is 1. The molecule has 3 N–H and O–H groups in total. The van der Waals surface area contributed by atoms with Crippen molar-refractivity contribution < 1.29 is 4.39 Å². The molecule has 1 unspecified atom stereocenters. The molecule has 0 heterocycles. The third-order valence-corrected chi connectivity index (χ3v) is 4.15. The van der Waals surface area contributed by atoms with Crippen molar-refractivity contribution >= 4 is 34.2 Å². The predicted molar refractivity (Wildman–Crippen MR) is 105 cm³/mol. The Morgan fingerprint density at radius 1 is 1.29 bits per heavy atom. The second-order valence-electron chi connectivity index (χ2n) is 5.36. The first kappa shape index (κ1) is 20.0. The van der Waals surface area contributed by atoms with Crippen molar-refractivity contribution in [2.24, 2.45) is 5.92 Å². The molecule has 0 bridgehead atoms. The molecule has 2 aromatic rings. The van der Waals surface area contributed by atoms with Gasteiger partial charge >= 0.3 is 0 Å². The van der Waals surface area contributed by atoms with Crippen molar-refractivity contribution in [2.45, 2.75) is 34.1 Å². The fraction of sp³-hybridized carbons (Fsp3) is 0.300. The molecular weight excluding hydrogens is 323 g/mol. The zero-order valence-electron chi connectivity index (χ0n) is 14.8. The van der Waals surface area contributed by atoms with E-state index < -0.39 is 5.82 Å². The molecule has 0 amide bonds. The summed E-state index contributed by atoms with van der Waals surface area (Å²) in [7, 11) is 0. The van der Waals surface area contributed by atoms with Gasteiger partial charge in [-0.3, -0.25) is 0 Å². The predicted octanol–water partition coefficient (Wildman–Crippen LogP) is 6.89. The smallest absolute Gasteiger partial charge is 0.148 e. The minimum absolute atomic E-state index is 0.247. The van der Waals surface area contributed by atoms with Crippen LogP contribution in [0.25, 0.3) is 5.57 Å². The van der Waals surface area contributed by atoms with Crippen molar-refractivity contribution in [3.05, 3.63) is 59.4 Å². The summed E-state index contributed by atoms with van der Waals surface area (Å²) in [6.07, 6.45) is 1.00. The number of halogens is 2. The number of allylic oxidation sites excluding steroid dienone is 1. The Kier molecular flexibility index (Phi) is 7.80. The molecule has 0 saturated carbocycles. The van der Waals surface area contributed by atoms with Gasteiger partial charge in [0.25, 0.3) is 0 Å². The second-order valence-corrected chi connectivity index (χ2v) is 5.77. The summed E-state index contributed by atoms with van der Waals surface area (Å²) in [4.78, 5) is 0. The summed E-state index contributed by atoms with van der Waals surface area (Å²) in [5.41, 5.74) is 9.60. The van der Waals surface area contributed by atoms with E-state index in [1.54, 1.807) is 18.2 Å². The molecule has 0 radical (unpaired) electrons. The van der Waals surface area contributed by atoms with Gasteiger partial charge in [0.05, 0.1) is 10.7 Å². The molecule has 0 aliphatic rings. The van der Waals surface area contributed by atoms with Crippen LogP contribution in [0.5, 0.6) is 0 Å². The summed E-state index contributed by atoms with van der Waals surface area (Å²) in [5.74, 6) is -0.0405. The lowest BCUT2D eigenvalue weighted by molar-refractivity contribution is 0.632. The highest BCUT2D eigenvalue weighted by molar-refractivity contribution is 6.33. The third kappa shape index (κ3) is 4.75. The average Bonchev–Trinajstić information content (AvgIpc) is 2.59. The second kappa shape index (κ2) is 9.33. The molecule has 0 spiro atoms. The largest absolute Gasteiger partial charge is 0.398 e. The zero-order chi connectivity index (χ0) is 18.3. The molecule has 4 heteroatoms. The first-order valence-corrected chi connectivity index (χ1v) is 8.61. The Morgan fingerprint density at radius 2 is 1.96 bits per heavy atom. The van der Waals surface area contributed by atoms with E-state index in [1.807, 2.05) is 26.0 Å². The van der Waals surface area contributed by atoms with Crippen molar-refractivity contribution in [3.63, 3.8) is 0 Å². The van der Waals surface area contributed by atoms with E-state index in [0.717, 1.165) is 17.6 Å². The normalized spacial score (nSPS) is 11.2. The fourth-order valence-corrected chi connectivity index (χ4v) is 2.42. The SMILES string of the molecule is C=C(c1ccc(Nc2c(F)cccc2Cl)cc1N)C(C)CC.CC. The highest BCUT2D eigenvalue weighted by Crippen LogP contribution is 2.33. The fourth-order valence-electron chi connectivity index (χ4n) is 2.21. The van der Waals surface area contributed by atoms with E-state index in [0.29, 0.717) is 22.3 Å². The monoisotopic (exact) mass is 348 g/mol. The standard InChI is InChI=1S/C18H20ClFN2.C2H6/c1-4-11(2)12(3)14-9-8-13(10-17(14)21)22-18-15(19)6-5-7-16(18)20;1-2/h5-11,22H,3-4,21H2,1-2H3;1-2H3. The molecule has 2 aromatic carbocycles. The minimum Gasteiger partial charge on any atom is -0.398 e. The average molecular weight is 349 g/mol. The number of rotatable bonds is 5. The molecule has 24 heavy (non-hydrogen) atoms. The lowest BCUT2D eigenvalue weighted by Gasteiger charge is -2.16. The lowest BCUT2D eigenvalue weighted by Crippen LogP contribution is -2.02. The Balaban J connectivity index is 0.00000139. The van der Waals surface area contributed by atoms with Crippen molar-refractivity contribution in [3.8, 4) is 0 Å². The highest BCUT2D eigenvalue weighted by Gasteiger charge is 2.12. The van der Waals surface area contributed by atoms with E-state index in [2.05, 4.69) is 25.7 Å². The van der Waals surface area contributed by atoms with Gasteiger partial charge in [0.2, 0.25) is 0 Å². The van der Waals surface area contributed by atoms with Crippen LogP contribution < -0.4 is 11.1 Å². The number of hydrogen-bond acceptors (Lipinski definition) is 2. The van der Waals surface area contributed by atoms with Gasteiger partial charge < -0.3 is 11.1 Å². The molecule has 2 rings (SSSR count). The molecule has 1 atom stereocenters. The lowest BCUT2D eigenvalue weighted by atomic mass is 9.92. The maximum atomic E-state index is 13.8. The number of nitrogens with one attached hydrogen (secondary N) is 1. The number of para-hydroxylation sites is 1. The first-order chi connectivity index (χ1) is 11.4. The molecule has 130 valence electrons. The van der Waals surface area contributed by atoms with Crippen LogP contribution >= 0.6 is 11.6 Å². The number of benzene rings is 2. The van der Waals surface area contributed by atoms with Crippen molar-refractivity contribution in [2.75, 3.05) is 11.1 Å². The van der Waals surface area contributed by atoms with Crippen molar-refractivity contribution in [1.82, 2.24) is 0 Å². The van der Waals surface area contributed by atoms with Crippen LogP contribution in [0, 0.1) is 11.7 Å². The van der Waals surface area contributed by atoms with Gasteiger partial charge in [-0.05, 0) is 42.2 Å². The van der Waals surface area contributed by atoms with Crippen molar-refractivity contribution in [1.29, 1.82) is 0 Å². The molecule has 2 nitrogen and oxygen atoms in total. The van der Waals surface area contributed by atoms with Crippen LogP contribution in [-0.4, -0.2) is 0 Å². The van der Waals surface area contributed by atoms with E-state index >= 15 is 0 Å². The Bertz CT molecular complexity index is 678. The minimum atomic E-state index is -0.404. The van der Waals surface area contributed by atoms with Crippen LogP contribution in [0.2, 0.25) is 5.02 Å². The summed E-state index contributed by atoms with van der Waals surface area (Å²) in [5, 5.41) is 3.30. The van der Waals surface area contributed by atoms with Gasteiger partial charge in [-0.1, -0.05) is 58.0 Å². The first-order valence-electron chi connectivity index (χ1n) is 8.23. The topological polar surface area (TPSA) is 38.0 Å². The Morgan fingerprint density at radius 3 is 2.50 bits per heavy atom. The van der Waals surface area contributed by atoms with Gasteiger partial charge in [-0.15, -0.1) is 0 Å². The number of hydrogen-bond donors (Lipinski definition) is 2. The van der Waals surface area contributed by atoms with Gasteiger partial charge in [0, 0.05) is 16.9 Å². The summed E-state index contributed by atoms with van der Waals surface area (Å²) in [6.45, 7) is 12.3. The number of nitrogen functional groups attached to an aromatic ring is 1. The molecular formula is C20H26ClFN2. The quantitative estimate of drug-likeness (QED) is 0.577. The molecule has 0 aliphatic carbocycles. The Labute approximate surface area is 149 Å². The number of anilines is 3. The highest BCUT2D eigenvalue weighted by atomic mass is 35.5. The molecule has 0 aromatic heterocycles. The van der Waals surface area contributed by atoms with Crippen LogP contribution in [0.4, 0.5) is 21.5 Å². The molecule has 0 aliphatic heterocycles. The summed E-state index contributed by atoms with van der Waals surface area (Å²) < 4.78 is 13.8.